The van der Waals surface area contributed by atoms with Crippen molar-refractivity contribution in [1.29, 1.82) is 0 Å². The number of pyridine rings is 1. The average Bonchev–Trinajstić information content (AvgIpc) is 2.65. The number of hydrogen-bond donors (Lipinski definition) is 3. The van der Waals surface area contributed by atoms with Crippen LogP contribution in [-0.4, -0.2) is 33.2 Å². The number of rotatable bonds is 7. The molecule has 0 aliphatic rings. The fourth-order valence-electron chi connectivity index (χ4n) is 2.41. The van der Waals surface area contributed by atoms with Crippen molar-refractivity contribution in [2.24, 2.45) is 0 Å². The van der Waals surface area contributed by atoms with Gasteiger partial charge in [-0.2, -0.15) is 4.98 Å². The van der Waals surface area contributed by atoms with Gasteiger partial charge in [0.25, 0.3) is 0 Å². The Balaban J connectivity index is 1.95. The lowest BCUT2D eigenvalue weighted by atomic mass is 10.2. The van der Waals surface area contributed by atoms with E-state index < -0.39 is 0 Å². The molecule has 6 nitrogen and oxygen atoms in total. The molecule has 0 saturated carbocycles. The highest BCUT2D eigenvalue weighted by Crippen LogP contribution is 2.26. The van der Waals surface area contributed by atoms with E-state index in [1.54, 1.807) is 12.4 Å². The Bertz CT molecular complexity index is 873. The molecular formula is C19H20ClN5O. The summed E-state index contributed by atoms with van der Waals surface area (Å²) in [5, 5.41) is 16.1. The first-order valence-corrected chi connectivity index (χ1v) is 8.71. The van der Waals surface area contributed by atoms with Crippen molar-refractivity contribution in [2.45, 2.75) is 13.3 Å². The Morgan fingerprint density at radius 3 is 2.65 bits per heavy atom. The Labute approximate surface area is 157 Å². The van der Waals surface area contributed by atoms with E-state index in [2.05, 4.69) is 25.6 Å². The molecule has 0 amide bonds. The summed E-state index contributed by atoms with van der Waals surface area (Å²) >= 11 is 6.11. The molecule has 0 radical (unpaired) electrons. The monoisotopic (exact) mass is 369 g/mol. The van der Waals surface area contributed by atoms with Crippen LogP contribution in [0.5, 0.6) is 0 Å². The minimum absolute atomic E-state index is 0.115. The Morgan fingerprint density at radius 2 is 1.88 bits per heavy atom. The number of halogens is 1. The minimum Gasteiger partial charge on any atom is -0.396 e. The highest BCUT2D eigenvalue weighted by atomic mass is 35.5. The summed E-state index contributed by atoms with van der Waals surface area (Å²) < 4.78 is 0. The van der Waals surface area contributed by atoms with Gasteiger partial charge in [-0.1, -0.05) is 17.7 Å². The lowest BCUT2D eigenvalue weighted by molar-refractivity contribution is 0.292. The van der Waals surface area contributed by atoms with Crippen LogP contribution in [0.25, 0.3) is 11.3 Å². The van der Waals surface area contributed by atoms with Gasteiger partial charge in [-0.3, -0.25) is 4.98 Å². The highest BCUT2D eigenvalue weighted by molar-refractivity contribution is 6.30. The predicted molar refractivity (Wildman–Crippen MR) is 105 cm³/mol. The van der Waals surface area contributed by atoms with Gasteiger partial charge in [0.15, 0.2) is 0 Å². The molecule has 1 aromatic carbocycles. The van der Waals surface area contributed by atoms with Gasteiger partial charge in [0.05, 0.1) is 5.69 Å². The highest BCUT2D eigenvalue weighted by Gasteiger charge is 2.08. The maximum Gasteiger partial charge on any atom is 0.225 e. The first-order chi connectivity index (χ1) is 12.7. The predicted octanol–water partition coefficient (Wildman–Crippen LogP) is 4.04. The largest absolute Gasteiger partial charge is 0.396 e. The van der Waals surface area contributed by atoms with Gasteiger partial charge in [-0.05, 0) is 43.2 Å². The summed E-state index contributed by atoms with van der Waals surface area (Å²) in [5.41, 5.74) is 3.67. The van der Waals surface area contributed by atoms with Gasteiger partial charge in [-0.25, -0.2) is 4.98 Å². The minimum atomic E-state index is 0.115. The molecule has 3 N–H and O–H groups in total. The maximum absolute atomic E-state index is 8.97. The molecule has 0 bridgehead atoms. The van der Waals surface area contributed by atoms with Crippen molar-refractivity contribution in [3.8, 4) is 11.3 Å². The Hall–Kier alpha value is -2.70. The molecule has 3 rings (SSSR count). The van der Waals surface area contributed by atoms with Crippen molar-refractivity contribution in [1.82, 2.24) is 15.0 Å². The number of benzene rings is 1. The molecule has 0 unspecified atom stereocenters. The molecule has 2 heterocycles. The topological polar surface area (TPSA) is 83.0 Å². The molecule has 0 fully saturated rings. The maximum atomic E-state index is 8.97. The van der Waals surface area contributed by atoms with E-state index in [1.807, 2.05) is 43.3 Å². The standard InChI is InChI=1S/C19H20ClN5O/c1-13-3-4-15(20)11-16(13)23-18-12-17(14-5-8-21-9-6-14)24-19(25-18)22-7-2-10-26/h3-6,8-9,11-12,26H,2,7,10H2,1H3,(H2,22,23,24,25). The molecule has 0 saturated heterocycles. The molecule has 0 aliphatic heterocycles. The van der Waals surface area contributed by atoms with Gasteiger partial charge in [-0.15, -0.1) is 0 Å². The molecule has 3 aromatic rings. The third-order valence-electron chi connectivity index (χ3n) is 3.78. The zero-order valence-corrected chi connectivity index (χ0v) is 15.2. The quantitative estimate of drug-likeness (QED) is 0.545. The fourth-order valence-corrected chi connectivity index (χ4v) is 2.58. The first-order valence-electron chi connectivity index (χ1n) is 8.33. The van der Waals surface area contributed by atoms with Crippen molar-refractivity contribution in [2.75, 3.05) is 23.8 Å². The summed E-state index contributed by atoms with van der Waals surface area (Å²) in [4.78, 5) is 13.1. The van der Waals surface area contributed by atoms with Gasteiger partial charge >= 0.3 is 0 Å². The molecule has 0 atom stereocenters. The van der Waals surface area contributed by atoms with Crippen molar-refractivity contribution >= 4 is 29.1 Å². The molecule has 7 heteroatoms. The van der Waals surface area contributed by atoms with Crippen LogP contribution >= 0.6 is 11.6 Å². The Morgan fingerprint density at radius 1 is 1.08 bits per heavy atom. The number of nitrogens with zero attached hydrogens (tertiary/aromatic N) is 3. The van der Waals surface area contributed by atoms with E-state index >= 15 is 0 Å². The van der Waals surface area contributed by atoms with E-state index in [-0.39, 0.29) is 6.61 Å². The van der Waals surface area contributed by atoms with Crippen LogP contribution in [0.1, 0.15) is 12.0 Å². The Kier molecular flexibility index (Phi) is 5.99. The number of aliphatic hydroxyl groups excluding tert-OH is 1. The van der Waals surface area contributed by atoms with Gasteiger partial charge in [0.2, 0.25) is 5.95 Å². The van der Waals surface area contributed by atoms with Crippen LogP contribution in [0.4, 0.5) is 17.5 Å². The molecule has 0 aliphatic carbocycles. The zero-order valence-electron chi connectivity index (χ0n) is 14.4. The lowest BCUT2D eigenvalue weighted by Gasteiger charge is -2.13. The normalized spacial score (nSPS) is 10.6. The molecule has 2 aromatic heterocycles. The van der Waals surface area contributed by atoms with Crippen LogP contribution in [0.2, 0.25) is 5.02 Å². The average molecular weight is 370 g/mol. The second kappa shape index (κ2) is 8.60. The zero-order chi connectivity index (χ0) is 18.4. The summed E-state index contributed by atoms with van der Waals surface area (Å²) in [5.74, 6) is 1.15. The van der Waals surface area contributed by atoms with E-state index in [0.717, 1.165) is 22.5 Å². The summed E-state index contributed by atoms with van der Waals surface area (Å²) in [6, 6.07) is 11.3. The van der Waals surface area contributed by atoms with Crippen molar-refractivity contribution in [3.63, 3.8) is 0 Å². The lowest BCUT2D eigenvalue weighted by Crippen LogP contribution is -2.09. The van der Waals surface area contributed by atoms with Crippen LogP contribution < -0.4 is 10.6 Å². The number of aryl methyl sites for hydroxylation is 1. The number of nitrogens with one attached hydrogen (secondary N) is 2. The summed E-state index contributed by atoms with van der Waals surface area (Å²) in [6.45, 7) is 2.71. The van der Waals surface area contributed by atoms with Crippen LogP contribution in [0.15, 0.2) is 48.8 Å². The second-order valence-corrected chi connectivity index (χ2v) is 6.22. The molecule has 134 valence electrons. The van der Waals surface area contributed by atoms with Gasteiger partial charge < -0.3 is 15.7 Å². The number of aromatic nitrogens is 3. The number of anilines is 3. The van der Waals surface area contributed by atoms with E-state index in [0.29, 0.717) is 29.8 Å². The number of hydrogen-bond acceptors (Lipinski definition) is 6. The smallest absolute Gasteiger partial charge is 0.225 e. The van der Waals surface area contributed by atoms with Crippen molar-refractivity contribution < 1.29 is 5.11 Å². The van der Waals surface area contributed by atoms with Crippen LogP contribution in [-0.2, 0) is 0 Å². The SMILES string of the molecule is Cc1ccc(Cl)cc1Nc1cc(-c2ccncc2)nc(NCCCO)n1. The third-order valence-corrected chi connectivity index (χ3v) is 4.02. The van der Waals surface area contributed by atoms with Gasteiger partial charge in [0, 0.05) is 47.9 Å². The molecular weight excluding hydrogens is 350 g/mol. The van der Waals surface area contributed by atoms with E-state index in [1.165, 1.54) is 0 Å². The number of aliphatic hydroxyl groups is 1. The van der Waals surface area contributed by atoms with Gasteiger partial charge in [0.1, 0.15) is 5.82 Å². The van der Waals surface area contributed by atoms with Crippen LogP contribution in [0.3, 0.4) is 0 Å². The molecule has 26 heavy (non-hydrogen) atoms. The fraction of sp³-hybridized carbons (Fsp3) is 0.211. The third kappa shape index (κ3) is 4.68. The second-order valence-electron chi connectivity index (χ2n) is 5.79. The van der Waals surface area contributed by atoms with Crippen molar-refractivity contribution in [3.05, 3.63) is 59.4 Å². The van der Waals surface area contributed by atoms with E-state index in [4.69, 9.17) is 16.7 Å². The first kappa shape index (κ1) is 18.1. The molecule has 0 spiro atoms. The summed E-state index contributed by atoms with van der Waals surface area (Å²) in [7, 11) is 0. The van der Waals surface area contributed by atoms with Crippen LogP contribution in [0, 0.1) is 6.92 Å². The van der Waals surface area contributed by atoms with E-state index in [9.17, 15) is 0 Å². The summed E-state index contributed by atoms with van der Waals surface area (Å²) in [6.07, 6.45) is 4.08.